The molecule has 2 N–H and O–H groups in total. The van der Waals surface area contributed by atoms with Crippen LogP contribution >= 0.6 is 0 Å². The Bertz CT molecular complexity index is 544. The SMILES string of the molecule is CCNC(=NCCC(=O)NC(C)C)N(C)Cc1ccccc1OC. The first kappa shape index (κ1) is 19.8. The van der Waals surface area contributed by atoms with Gasteiger partial charge in [-0.1, -0.05) is 18.2 Å². The highest BCUT2D eigenvalue weighted by Gasteiger charge is 2.10. The van der Waals surface area contributed by atoms with Gasteiger partial charge in [-0.15, -0.1) is 0 Å². The lowest BCUT2D eigenvalue weighted by molar-refractivity contribution is -0.121. The van der Waals surface area contributed by atoms with Crippen LogP contribution in [-0.4, -0.2) is 50.1 Å². The molecule has 0 aliphatic heterocycles. The molecule has 0 spiro atoms. The Morgan fingerprint density at radius 3 is 2.67 bits per heavy atom. The van der Waals surface area contributed by atoms with Gasteiger partial charge in [0, 0.05) is 38.2 Å². The number of carbonyl (C=O) groups is 1. The average molecular weight is 334 g/mol. The Hall–Kier alpha value is -2.24. The van der Waals surface area contributed by atoms with Gasteiger partial charge in [-0.3, -0.25) is 9.79 Å². The number of hydrogen-bond donors (Lipinski definition) is 2. The second-order valence-corrected chi connectivity index (χ2v) is 5.88. The molecular weight excluding hydrogens is 304 g/mol. The monoisotopic (exact) mass is 334 g/mol. The van der Waals surface area contributed by atoms with Crippen LogP contribution in [0.4, 0.5) is 0 Å². The number of benzene rings is 1. The van der Waals surface area contributed by atoms with Crippen molar-refractivity contribution in [1.82, 2.24) is 15.5 Å². The number of carbonyl (C=O) groups excluding carboxylic acids is 1. The largest absolute Gasteiger partial charge is 0.496 e. The van der Waals surface area contributed by atoms with Gasteiger partial charge in [0.2, 0.25) is 5.91 Å². The fourth-order valence-electron chi connectivity index (χ4n) is 2.29. The van der Waals surface area contributed by atoms with Gasteiger partial charge in [-0.25, -0.2) is 0 Å². The van der Waals surface area contributed by atoms with Crippen molar-refractivity contribution in [3.8, 4) is 5.75 Å². The van der Waals surface area contributed by atoms with Crippen LogP contribution in [-0.2, 0) is 11.3 Å². The van der Waals surface area contributed by atoms with Crippen molar-refractivity contribution >= 4 is 11.9 Å². The average Bonchev–Trinajstić information content (AvgIpc) is 2.53. The summed E-state index contributed by atoms with van der Waals surface area (Å²) in [5, 5.41) is 6.13. The van der Waals surface area contributed by atoms with Gasteiger partial charge < -0.3 is 20.3 Å². The Labute approximate surface area is 145 Å². The van der Waals surface area contributed by atoms with E-state index < -0.39 is 0 Å². The van der Waals surface area contributed by atoms with Crippen LogP contribution in [0.5, 0.6) is 5.75 Å². The fraction of sp³-hybridized carbons (Fsp3) is 0.556. The van der Waals surface area contributed by atoms with Gasteiger partial charge in [-0.2, -0.15) is 0 Å². The lowest BCUT2D eigenvalue weighted by Gasteiger charge is -2.23. The van der Waals surface area contributed by atoms with E-state index in [1.165, 1.54) is 0 Å². The topological polar surface area (TPSA) is 66.0 Å². The summed E-state index contributed by atoms with van der Waals surface area (Å²) >= 11 is 0. The van der Waals surface area contributed by atoms with Crippen LogP contribution in [0.2, 0.25) is 0 Å². The summed E-state index contributed by atoms with van der Waals surface area (Å²) < 4.78 is 5.40. The Kier molecular flexibility index (Phi) is 8.68. The molecule has 0 aliphatic carbocycles. The number of amides is 1. The fourth-order valence-corrected chi connectivity index (χ4v) is 2.29. The minimum absolute atomic E-state index is 0.0250. The maximum atomic E-state index is 11.7. The first-order valence-electron chi connectivity index (χ1n) is 8.38. The number of aliphatic imine (C=N–C) groups is 1. The predicted molar refractivity (Wildman–Crippen MR) is 98.3 cm³/mol. The highest BCUT2D eigenvalue weighted by molar-refractivity contribution is 5.81. The summed E-state index contributed by atoms with van der Waals surface area (Å²) in [5.41, 5.74) is 1.09. The number of methoxy groups -OCH3 is 1. The molecule has 0 aliphatic rings. The second kappa shape index (κ2) is 10.5. The van der Waals surface area contributed by atoms with E-state index in [1.54, 1.807) is 7.11 Å². The van der Waals surface area contributed by atoms with Gasteiger partial charge in [0.05, 0.1) is 13.7 Å². The van der Waals surface area contributed by atoms with Gasteiger partial charge in [0.1, 0.15) is 5.75 Å². The van der Waals surface area contributed by atoms with Crippen LogP contribution in [0, 0.1) is 0 Å². The third kappa shape index (κ3) is 6.89. The summed E-state index contributed by atoms with van der Waals surface area (Å²) in [4.78, 5) is 18.3. The Morgan fingerprint density at radius 1 is 1.33 bits per heavy atom. The summed E-state index contributed by atoms with van der Waals surface area (Å²) in [6.45, 7) is 7.83. The quantitative estimate of drug-likeness (QED) is 0.564. The maximum Gasteiger partial charge on any atom is 0.222 e. The van der Waals surface area contributed by atoms with Crippen molar-refractivity contribution in [2.45, 2.75) is 39.8 Å². The molecular formula is C18H30N4O2. The summed E-state index contributed by atoms with van der Waals surface area (Å²) in [6.07, 6.45) is 0.384. The normalized spacial score (nSPS) is 11.3. The van der Waals surface area contributed by atoms with Crippen LogP contribution in [0.3, 0.4) is 0 Å². The molecule has 0 aromatic heterocycles. The van der Waals surface area contributed by atoms with Crippen molar-refractivity contribution < 1.29 is 9.53 Å². The van der Waals surface area contributed by atoms with E-state index in [0.29, 0.717) is 19.5 Å². The minimum Gasteiger partial charge on any atom is -0.496 e. The second-order valence-electron chi connectivity index (χ2n) is 5.88. The number of nitrogens with one attached hydrogen (secondary N) is 2. The van der Waals surface area contributed by atoms with Gasteiger partial charge in [-0.05, 0) is 26.8 Å². The third-order valence-electron chi connectivity index (χ3n) is 3.35. The van der Waals surface area contributed by atoms with Gasteiger partial charge in [0.25, 0.3) is 0 Å². The Morgan fingerprint density at radius 2 is 2.04 bits per heavy atom. The van der Waals surface area contributed by atoms with Crippen LogP contribution < -0.4 is 15.4 Å². The summed E-state index contributed by atoms with van der Waals surface area (Å²) in [6, 6.07) is 8.09. The first-order chi connectivity index (χ1) is 11.5. The molecule has 0 radical (unpaired) electrons. The molecule has 1 amide bonds. The van der Waals surface area contributed by atoms with Crippen LogP contribution in [0.1, 0.15) is 32.8 Å². The zero-order valence-corrected chi connectivity index (χ0v) is 15.4. The molecule has 0 unspecified atom stereocenters. The molecule has 1 aromatic rings. The Balaban J connectivity index is 2.68. The van der Waals surface area contributed by atoms with Crippen LogP contribution in [0.25, 0.3) is 0 Å². The highest BCUT2D eigenvalue weighted by atomic mass is 16.5. The minimum atomic E-state index is 0.0250. The third-order valence-corrected chi connectivity index (χ3v) is 3.35. The smallest absolute Gasteiger partial charge is 0.222 e. The van der Waals surface area contributed by atoms with Crippen LogP contribution in [0.15, 0.2) is 29.3 Å². The van der Waals surface area contributed by atoms with Crippen molar-refractivity contribution in [2.75, 3.05) is 27.2 Å². The van der Waals surface area contributed by atoms with E-state index in [1.807, 2.05) is 57.0 Å². The van der Waals surface area contributed by atoms with E-state index >= 15 is 0 Å². The number of guanidine groups is 1. The molecule has 134 valence electrons. The summed E-state index contributed by atoms with van der Waals surface area (Å²) in [5.74, 6) is 1.66. The zero-order valence-electron chi connectivity index (χ0n) is 15.4. The molecule has 0 bridgehead atoms. The summed E-state index contributed by atoms with van der Waals surface area (Å²) in [7, 11) is 3.65. The van der Waals surface area contributed by atoms with E-state index in [9.17, 15) is 4.79 Å². The van der Waals surface area contributed by atoms with E-state index in [4.69, 9.17) is 4.74 Å². The lowest BCUT2D eigenvalue weighted by Crippen LogP contribution is -2.39. The van der Waals surface area contributed by atoms with Gasteiger partial charge >= 0.3 is 0 Å². The molecule has 0 fully saturated rings. The lowest BCUT2D eigenvalue weighted by atomic mass is 10.2. The highest BCUT2D eigenvalue weighted by Crippen LogP contribution is 2.18. The number of hydrogen-bond acceptors (Lipinski definition) is 3. The number of ether oxygens (including phenoxy) is 1. The van der Waals surface area contributed by atoms with Crippen molar-refractivity contribution in [2.24, 2.45) is 4.99 Å². The molecule has 0 heterocycles. The maximum absolute atomic E-state index is 11.7. The number of rotatable bonds is 8. The molecule has 0 saturated carbocycles. The zero-order chi connectivity index (χ0) is 17.9. The molecule has 1 rings (SSSR count). The van der Waals surface area contributed by atoms with E-state index in [-0.39, 0.29) is 11.9 Å². The van der Waals surface area contributed by atoms with Crippen molar-refractivity contribution in [1.29, 1.82) is 0 Å². The van der Waals surface area contributed by atoms with Crippen molar-refractivity contribution in [3.05, 3.63) is 29.8 Å². The molecule has 24 heavy (non-hydrogen) atoms. The predicted octanol–water partition coefficient (Wildman–Crippen LogP) is 2.01. The molecule has 0 atom stereocenters. The molecule has 6 heteroatoms. The van der Waals surface area contributed by atoms with E-state index in [2.05, 4.69) is 15.6 Å². The standard InChI is InChI=1S/C18H30N4O2/c1-6-19-18(20-12-11-17(23)21-14(2)3)22(4)13-15-9-7-8-10-16(15)24-5/h7-10,14H,6,11-13H2,1-5H3,(H,19,20)(H,21,23). The molecule has 6 nitrogen and oxygen atoms in total. The van der Waals surface area contributed by atoms with E-state index in [0.717, 1.165) is 23.8 Å². The van der Waals surface area contributed by atoms with Gasteiger partial charge in [0.15, 0.2) is 5.96 Å². The molecule has 0 saturated heterocycles. The number of para-hydroxylation sites is 1. The first-order valence-corrected chi connectivity index (χ1v) is 8.38. The number of nitrogens with zero attached hydrogens (tertiary/aromatic N) is 2. The molecule has 1 aromatic carbocycles. The van der Waals surface area contributed by atoms with Crippen molar-refractivity contribution in [3.63, 3.8) is 0 Å².